The smallest absolute Gasteiger partial charge is 0.323 e. The lowest BCUT2D eigenvalue weighted by molar-refractivity contribution is -0.152. The van der Waals surface area contributed by atoms with Gasteiger partial charge in [0.2, 0.25) is 0 Å². The van der Waals surface area contributed by atoms with Crippen LogP contribution in [0, 0.1) is 5.92 Å². The predicted molar refractivity (Wildman–Crippen MR) is 56.3 cm³/mol. The molecule has 0 aliphatic carbocycles. The van der Waals surface area contributed by atoms with E-state index in [-0.39, 0.29) is 0 Å². The number of carboxylic acids is 1. The SMILES string of the molecule is CCC(C)(C(=O)O)N1CCCC(C)C1. The number of piperidine rings is 1. The first-order chi connectivity index (χ1) is 6.50. The number of hydrogen-bond acceptors (Lipinski definition) is 2. The second-order valence-corrected chi connectivity index (χ2v) is 4.63. The first-order valence-electron chi connectivity index (χ1n) is 5.49. The molecule has 1 N–H and O–H groups in total. The molecule has 0 amide bonds. The van der Waals surface area contributed by atoms with Crippen LogP contribution >= 0.6 is 0 Å². The molecule has 0 saturated carbocycles. The van der Waals surface area contributed by atoms with Gasteiger partial charge in [0.15, 0.2) is 0 Å². The number of carboxylic acid groups (broad SMARTS) is 1. The highest BCUT2D eigenvalue weighted by Crippen LogP contribution is 2.26. The highest BCUT2D eigenvalue weighted by molar-refractivity contribution is 5.78. The van der Waals surface area contributed by atoms with Gasteiger partial charge in [0.25, 0.3) is 0 Å². The van der Waals surface area contributed by atoms with Gasteiger partial charge in [-0.2, -0.15) is 0 Å². The van der Waals surface area contributed by atoms with E-state index in [1.165, 1.54) is 6.42 Å². The minimum absolute atomic E-state index is 0.633. The lowest BCUT2D eigenvalue weighted by Gasteiger charge is -2.41. The minimum Gasteiger partial charge on any atom is -0.480 e. The molecule has 3 nitrogen and oxygen atoms in total. The van der Waals surface area contributed by atoms with Crippen molar-refractivity contribution >= 4 is 5.97 Å². The fourth-order valence-electron chi connectivity index (χ4n) is 2.15. The maximum Gasteiger partial charge on any atom is 0.323 e. The van der Waals surface area contributed by atoms with E-state index in [9.17, 15) is 9.90 Å². The number of aliphatic carboxylic acids is 1. The average Bonchev–Trinajstić information content (AvgIpc) is 2.16. The van der Waals surface area contributed by atoms with E-state index in [2.05, 4.69) is 11.8 Å². The lowest BCUT2D eigenvalue weighted by Crippen LogP contribution is -2.55. The molecule has 3 heteroatoms. The largest absolute Gasteiger partial charge is 0.480 e. The maximum atomic E-state index is 11.2. The van der Waals surface area contributed by atoms with Crippen LogP contribution in [0.25, 0.3) is 0 Å². The zero-order valence-electron chi connectivity index (χ0n) is 9.42. The molecule has 0 bridgehead atoms. The Kier molecular flexibility index (Phi) is 3.53. The van der Waals surface area contributed by atoms with Crippen molar-refractivity contribution in [1.29, 1.82) is 0 Å². The van der Waals surface area contributed by atoms with E-state index in [0.717, 1.165) is 19.5 Å². The molecule has 1 aliphatic rings. The van der Waals surface area contributed by atoms with Crippen LogP contribution < -0.4 is 0 Å². The van der Waals surface area contributed by atoms with Gasteiger partial charge in [-0.05, 0) is 38.6 Å². The highest BCUT2D eigenvalue weighted by Gasteiger charge is 2.39. The fourth-order valence-corrected chi connectivity index (χ4v) is 2.15. The van der Waals surface area contributed by atoms with Gasteiger partial charge in [0, 0.05) is 6.54 Å². The third kappa shape index (κ3) is 2.08. The zero-order valence-corrected chi connectivity index (χ0v) is 9.42. The Bertz CT molecular complexity index is 217. The van der Waals surface area contributed by atoms with Crippen molar-refractivity contribution in [3.05, 3.63) is 0 Å². The van der Waals surface area contributed by atoms with Gasteiger partial charge in [0.05, 0.1) is 0 Å². The summed E-state index contributed by atoms with van der Waals surface area (Å²) in [5.74, 6) is -0.0527. The average molecular weight is 199 g/mol. The predicted octanol–water partition coefficient (Wildman–Crippen LogP) is 1.97. The Morgan fingerprint density at radius 1 is 1.64 bits per heavy atom. The van der Waals surface area contributed by atoms with Crippen LogP contribution in [0.1, 0.15) is 40.0 Å². The van der Waals surface area contributed by atoms with Crippen molar-refractivity contribution < 1.29 is 9.90 Å². The summed E-state index contributed by atoms with van der Waals surface area (Å²) in [4.78, 5) is 13.3. The Hall–Kier alpha value is -0.570. The standard InChI is InChI=1S/C11H21NO2/c1-4-11(3,10(13)14)12-7-5-6-9(2)8-12/h9H,4-8H2,1-3H3,(H,13,14). The number of likely N-dealkylation sites (tertiary alicyclic amines) is 1. The number of rotatable bonds is 3. The molecule has 14 heavy (non-hydrogen) atoms. The summed E-state index contributed by atoms with van der Waals surface area (Å²) in [7, 11) is 0. The Balaban J connectivity index is 2.73. The van der Waals surface area contributed by atoms with E-state index in [0.29, 0.717) is 12.3 Å². The molecule has 1 fully saturated rings. The van der Waals surface area contributed by atoms with Gasteiger partial charge in [-0.25, -0.2) is 0 Å². The molecule has 0 aromatic carbocycles. The van der Waals surface area contributed by atoms with Crippen LogP contribution in [-0.4, -0.2) is 34.6 Å². The second kappa shape index (κ2) is 4.30. The summed E-state index contributed by atoms with van der Waals surface area (Å²) in [6, 6.07) is 0. The maximum absolute atomic E-state index is 11.2. The molecule has 1 rings (SSSR count). The summed E-state index contributed by atoms with van der Waals surface area (Å²) in [6.45, 7) is 7.85. The molecule has 0 spiro atoms. The zero-order chi connectivity index (χ0) is 10.8. The van der Waals surface area contributed by atoms with Gasteiger partial charge in [-0.15, -0.1) is 0 Å². The third-order valence-electron chi connectivity index (χ3n) is 3.50. The molecule has 82 valence electrons. The van der Waals surface area contributed by atoms with Gasteiger partial charge in [-0.3, -0.25) is 9.69 Å². The summed E-state index contributed by atoms with van der Waals surface area (Å²) in [6.07, 6.45) is 3.04. The van der Waals surface area contributed by atoms with E-state index >= 15 is 0 Å². The van der Waals surface area contributed by atoms with Crippen LogP contribution in [0.2, 0.25) is 0 Å². The fraction of sp³-hybridized carbons (Fsp3) is 0.909. The van der Waals surface area contributed by atoms with E-state index in [1.54, 1.807) is 0 Å². The molecule has 0 radical (unpaired) electrons. The monoisotopic (exact) mass is 199 g/mol. The van der Waals surface area contributed by atoms with E-state index in [1.807, 2.05) is 13.8 Å². The van der Waals surface area contributed by atoms with Gasteiger partial charge >= 0.3 is 5.97 Å². The quantitative estimate of drug-likeness (QED) is 0.755. The summed E-state index contributed by atoms with van der Waals surface area (Å²) >= 11 is 0. The Morgan fingerprint density at radius 2 is 2.29 bits per heavy atom. The van der Waals surface area contributed by atoms with Crippen molar-refractivity contribution in [3.8, 4) is 0 Å². The van der Waals surface area contributed by atoms with Crippen LogP contribution in [0.5, 0.6) is 0 Å². The van der Waals surface area contributed by atoms with Crippen LogP contribution in [0.4, 0.5) is 0 Å². The lowest BCUT2D eigenvalue weighted by atomic mass is 9.90. The first kappa shape index (κ1) is 11.5. The van der Waals surface area contributed by atoms with Crippen LogP contribution in [0.3, 0.4) is 0 Å². The Morgan fingerprint density at radius 3 is 2.71 bits per heavy atom. The third-order valence-corrected chi connectivity index (χ3v) is 3.50. The minimum atomic E-state index is -0.686. The first-order valence-corrected chi connectivity index (χ1v) is 5.49. The summed E-state index contributed by atoms with van der Waals surface area (Å²) in [5.41, 5.74) is -0.658. The normalized spacial score (nSPS) is 28.4. The van der Waals surface area contributed by atoms with Crippen LogP contribution in [0.15, 0.2) is 0 Å². The summed E-state index contributed by atoms with van der Waals surface area (Å²) < 4.78 is 0. The molecular weight excluding hydrogens is 178 g/mol. The number of nitrogens with zero attached hydrogens (tertiary/aromatic N) is 1. The van der Waals surface area contributed by atoms with Gasteiger partial charge in [-0.1, -0.05) is 13.8 Å². The molecule has 2 atom stereocenters. The number of hydrogen-bond donors (Lipinski definition) is 1. The Labute approximate surface area is 86.1 Å². The second-order valence-electron chi connectivity index (χ2n) is 4.63. The molecule has 2 unspecified atom stereocenters. The molecule has 0 aromatic rings. The van der Waals surface area contributed by atoms with Crippen molar-refractivity contribution in [2.45, 2.75) is 45.6 Å². The van der Waals surface area contributed by atoms with Crippen LogP contribution in [-0.2, 0) is 4.79 Å². The van der Waals surface area contributed by atoms with Crippen molar-refractivity contribution in [2.24, 2.45) is 5.92 Å². The van der Waals surface area contributed by atoms with E-state index in [4.69, 9.17) is 0 Å². The van der Waals surface area contributed by atoms with Gasteiger partial charge < -0.3 is 5.11 Å². The molecule has 1 aliphatic heterocycles. The van der Waals surface area contributed by atoms with Crippen molar-refractivity contribution in [1.82, 2.24) is 4.90 Å². The molecule has 1 heterocycles. The molecule has 1 saturated heterocycles. The van der Waals surface area contributed by atoms with Crippen molar-refractivity contribution in [3.63, 3.8) is 0 Å². The molecule has 0 aromatic heterocycles. The van der Waals surface area contributed by atoms with Gasteiger partial charge in [0.1, 0.15) is 5.54 Å². The number of carbonyl (C=O) groups is 1. The molecular formula is C11H21NO2. The van der Waals surface area contributed by atoms with Crippen molar-refractivity contribution in [2.75, 3.05) is 13.1 Å². The topological polar surface area (TPSA) is 40.5 Å². The highest BCUT2D eigenvalue weighted by atomic mass is 16.4. The van der Waals surface area contributed by atoms with E-state index < -0.39 is 11.5 Å². The summed E-state index contributed by atoms with van der Waals surface area (Å²) in [5, 5.41) is 9.23.